The third kappa shape index (κ3) is 3.60. The van der Waals surface area contributed by atoms with Crippen LogP contribution >= 0.6 is 0 Å². The maximum atomic E-state index is 10.8. The minimum absolute atomic E-state index is 0.113. The predicted octanol–water partition coefficient (Wildman–Crippen LogP) is 3.92. The van der Waals surface area contributed by atoms with E-state index in [9.17, 15) is 4.79 Å². The van der Waals surface area contributed by atoms with Crippen LogP contribution in [-0.4, -0.2) is 17.6 Å². The second-order valence-electron chi connectivity index (χ2n) is 4.97. The largest absolute Gasteiger partial charge is 0.481 e. The molecule has 3 nitrogen and oxygen atoms in total. The van der Waals surface area contributed by atoms with E-state index in [1.807, 2.05) is 67.3 Å². The fourth-order valence-corrected chi connectivity index (χ4v) is 2.06. The lowest BCUT2D eigenvalue weighted by molar-refractivity contribution is -0.136. The maximum Gasteiger partial charge on any atom is 0.305 e. The van der Waals surface area contributed by atoms with Crippen LogP contribution in [0, 0.1) is 13.8 Å². The molecule has 0 amide bonds. The molecule has 0 unspecified atom stereocenters. The molecule has 2 aromatic rings. The molecule has 3 heteroatoms. The average molecular weight is 269 g/mol. The number of anilines is 2. The van der Waals surface area contributed by atoms with E-state index in [1.54, 1.807) is 0 Å². The quantitative estimate of drug-likeness (QED) is 0.894. The van der Waals surface area contributed by atoms with Gasteiger partial charge in [0.15, 0.2) is 0 Å². The smallest absolute Gasteiger partial charge is 0.305 e. The summed E-state index contributed by atoms with van der Waals surface area (Å²) in [4.78, 5) is 12.9. The Balaban J connectivity index is 2.30. The molecule has 0 bridgehead atoms. The number of hydrogen-bond acceptors (Lipinski definition) is 2. The lowest BCUT2D eigenvalue weighted by Gasteiger charge is -2.24. The molecule has 0 spiro atoms. The first-order chi connectivity index (χ1) is 9.56. The summed E-state index contributed by atoms with van der Waals surface area (Å²) in [6.07, 6.45) is 0.113. The van der Waals surface area contributed by atoms with Crippen LogP contribution in [0.5, 0.6) is 0 Å². The van der Waals surface area contributed by atoms with Crippen LogP contribution in [0.1, 0.15) is 17.5 Å². The third-order valence-corrected chi connectivity index (χ3v) is 3.24. The molecule has 0 aliphatic rings. The number of aliphatic carboxylic acids is 1. The monoisotopic (exact) mass is 269 g/mol. The van der Waals surface area contributed by atoms with Crippen molar-refractivity contribution in [2.24, 2.45) is 0 Å². The molecule has 0 aliphatic heterocycles. The molecule has 104 valence electrons. The number of aryl methyl sites for hydroxylation is 2. The van der Waals surface area contributed by atoms with Crippen LogP contribution in [0.2, 0.25) is 0 Å². The molecule has 0 atom stereocenters. The highest BCUT2D eigenvalue weighted by Gasteiger charge is 2.10. The van der Waals surface area contributed by atoms with Gasteiger partial charge in [-0.2, -0.15) is 0 Å². The van der Waals surface area contributed by atoms with Gasteiger partial charge in [0, 0.05) is 17.9 Å². The zero-order valence-corrected chi connectivity index (χ0v) is 11.8. The third-order valence-electron chi connectivity index (χ3n) is 3.24. The van der Waals surface area contributed by atoms with E-state index in [1.165, 1.54) is 11.1 Å². The molecule has 0 fully saturated rings. The fourth-order valence-electron chi connectivity index (χ4n) is 2.06. The Morgan fingerprint density at radius 1 is 0.900 bits per heavy atom. The zero-order chi connectivity index (χ0) is 14.5. The first-order valence-electron chi connectivity index (χ1n) is 6.69. The van der Waals surface area contributed by atoms with Gasteiger partial charge in [-0.25, -0.2) is 0 Å². The van der Waals surface area contributed by atoms with Gasteiger partial charge in [0.1, 0.15) is 0 Å². The van der Waals surface area contributed by atoms with Gasteiger partial charge in [-0.1, -0.05) is 35.4 Å². The first kappa shape index (κ1) is 14.1. The van der Waals surface area contributed by atoms with E-state index in [0.29, 0.717) is 6.54 Å². The number of nitrogens with zero attached hydrogens (tertiary/aromatic N) is 1. The van der Waals surface area contributed by atoms with E-state index in [4.69, 9.17) is 5.11 Å². The molecule has 0 heterocycles. The van der Waals surface area contributed by atoms with Crippen LogP contribution < -0.4 is 4.90 Å². The van der Waals surface area contributed by atoms with Crippen molar-refractivity contribution in [2.75, 3.05) is 11.4 Å². The number of hydrogen-bond donors (Lipinski definition) is 1. The zero-order valence-electron chi connectivity index (χ0n) is 11.8. The Labute approximate surface area is 119 Å². The molecular formula is C17H19NO2. The maximum absolute atomic E-state index is 10.8. The molecule has 0 saturated carbocycles. The Hall–Kier alpha value is -2.29. The minimum Gasteiger partial charge on any atom is -0.481 e. The van der Waals surface area contributed by atoms with E-state index in [-0.39, 0.29) is 6.42 Å². The summed E-state index contributed by atoms with van der Waals surface area (Å²) >= 11 is 0. The van der Waals surface area contributed by atoms with Gasteiger partial charge in [0.25, 0.3) is 0 Å². The minimum atomic E-state index is -0.783. The molecule has 20 heavy (non-hydrogen) atoms. The van der Waals surface area contributed by atoms with Crippen molar-refractivity contribution in [1.82, 2.24) is 0 Å². The summed E-state index contributed by atoms with van der Waals surface area (Å²) in [5, 5.41) is 8.92. The summed E-state index contributed by atoms with van der Waals surface area (Å²) in [6, 6.07) is 16.3. The van der Waals surface area contributed by atoms with Crippen molar-refractivity contribution < 1.29 is 9.90 Å². The molecule has 0 saturated heterocycles. The Bertz CT molecular complexity index is 527. The van der Waals surface area contributed by atoms with E-state index < -0.39 is 5.97 Å². The highest BCUT2D eigenvalue weighted by Crippen LogP contribution is 2.26. The number of carbonyl (C=O) groups is 1. The van der Waals surface area contributed by atoms with E-state index >= 15 is 0 Å². The molecular weight excluding hydrogens is 250 g/mol. The first-order valence-corrected chi connectivity index (χ1v) is 6.69. The second kappa shape index (κ2) is 6.24. The van der Waals surface area contributed by atoms with Crippen molar-refractivity contribution in [3.05, 3.63) is 59.7 Å². The van der Waals surface area contributed by atoms with Crippen molar-refractivity contribution in [3.63, 3.8) is 0 Å². The van der Waals surface area contributed by atoms with E-state index in [0.717, 1.165) is 11.4 Å². The summed E-state index contributed by atoms with van der Waals surface area (Å²) in [7, 11) is 0. The summed E-state index contributed by atoms with van der Waals surface area (Å²) in [5.74, 6) is -0.783. The second-order valence-corrected chi connectivity index (χ2v) is 4.97. The van der Waals surface area contributed by atoms with Gasteiger partial charge >= 0.3 is 5.97 Å². The van der Waals surface area contributed by atoms with Gasteiger partial charge in [-0.3, -0.25) is 4.79 Å². The van der Waals surface area contributed by atoms with Crippen molar-refractivity contribution in [2.45, 2.75) is 20.3 Å². The standard InChI is InChI=1S/C17H19NO2/c1-13-3-7-15(8-4-13)18(12-11-17(19)20)16-9-5-14(2)6-10-16/h3-10H,11-12H2,1-2H3,(H,19,20). The number of benzene rings is 2. The Kier molecular flexibility index (Phi) is 4.41. The predicted molar refractivity (Wildman–Crippen MR) is 81.6 cm³/mol. The van der Waals surface area contributed by atoms with Crippen LogP contribution in [0.25, 0.3) is 0 Å². The molecule has 0 aliphatic carbocycles. The highest BCUT2D eigenvalue weighted by molar-refractivity contribution is 5.70. The normalized spacial score (nSPS) is 10.3. The lowest BCUT2D eigenvalue weighted by Crippen LogP contribution is -2.20. The summed E-state index contributed by atoms with van der Waals surface area (Å²) in [6.45, 7) is 4.54. The number of rotatable bonds is 5. The molecule has 0 aromatic heterocycles. The SMILES string of the molecule is Cc1ccc(N(CCC(=O)O)c2ccc(C)cc2)cc1. The van der Waals surface area contributed by atoms with Crippen molar-refractivity contribution in [1.29, 1.82) is 0 Å². The summed E-state index contributed by atoms with van der Waals surface area (Å²) < 4.78 is 0. The lowest BCUT2D eigenvalue weighted by atomic mass is 10.1. The van der Waals surface area contributed by atoms with Crippen LogP contribution in [0.4, 0.5) is 11.4 Å². The number of carboxylic acid groups (broad SMARTS) is 1. The van der Waals surface area contributed by atoms with Crippen molar-refractivity contribution in [3.8, 4) is 0 Å². The number of carboxylic acids is 1. The fraction of sp³-hybridized carbons (Fsp3) is 0.235. The van der Waals surface area contributed by atoms with Crippen LogP contribution in [0.3, 0.4) is 0 Å². The van der Waals surface area contributed by atoms with Gasteiger partial charge < -0.3 is 10.0 Å². The molecule has 2 rings (SSSR count). The van der Waals surface area contributed by atoms with E-state index in [2.05, 4.69) is 0 Å². The molecule has 1 N–H and O–H groups in total. The average Bonchev–Trinajstić information content (AvgIpc) is 2.42. The van der Waals surface area contributed by atoms with Crippen molar-refractivity contribution >= 4 is 17.3 Å². The highest BCUT2D eigenvalue weighted by atomic mass is 16.4. The van der Waals surface area contributed by atoms with Gasteiger partial charge in [0.2, 0.25) is 0 Å². The summed E-state index contributed by atoms with van der Waals surface area (Å²) in [5.41, 5.74) is 4.41. The van der Waals surface area contributed by atoms with Crippen LogP contribution in [-0.2, 0) is 4.79 Å². The Morgan fingerprint density at radius 3 is 1.65 bits per heavy atom. The topological polar surface area (TPSA) is 40.5 Å². The van der Waals surface area contributed by atoms with Gasteiger partial charge in [-0.15, -0.1) is 0 Å². The van der Waals surface area contributed by atoms with Gasteiger partial charge in [0.05, 0.1) is 6.42 Å². The Morgan fingerprint density at radius 2 is 1.30 bits per heavy atom. The van der Waals surface area contributed by atoms with Crippen LogP contribution in [0.15, 0.2) is 48.5 Å². The van der Waals surface area contributed by atoms with Gasteiger partial charge in [-0.05, 0) is 38.1 Å². The molecule has 0 radical (unpaired) electrons. The molecule has 2 aromatic carbocycles.